The van der Waals surface area contributed by atoms with E-state index in [-0.39, 0.29) is 12.0 Å². The van der Waals surface area contributed by atoms with E-state index >= 15 is 0 Å². The first-order valence-corrected chi connectivity index (χ1v) is 5.70. The lowest BCUT2D eigenvalue weighted by Crippen LogP contribution is -2.15. The van der Waals surface area contributed by atoms with Crippen LogP contribution in [0.4, 0.5) is 0 Å². The lowest BCUT2D eigenvalue weighted by Gasteiger charge is -2.18. The molecule has 0 bridgehead atoms. The third-order valence-electron chi connectivity index (χ3n) is 2.98. The molecule has 0 amide bonds. The van der Waals surface area contributed by atoms with Gasteiger partial charge in [-0.05, 0) is 25.3 Å². The first-order valence-electron chi connectivity index (χ1n) is 5.70. The Bertz CT molecular complexity index is 472. The molecule has 0 fully saturated rings. The summed E-state index contributed by atoms with van der Waals surface area (Å²) in [7, 11) is 1.38. The Morgan fingerprint density at radius 2 is 2.35 bits per heavy atom. The van der Waals surface area contributed by atoms with Crippen molar-refractivity contribution in [1.29, 1.82) is 0 Å². The second-order valence-corrected chi connectivity index (χ2v) is 4.04. The smallest absolute Gasteiger partial charge is 0.356 e. The minimum Gasteiger partial charge on any atom is -0.464 e. The highest BCUT2D eigenvalue weighted by atomic mass is 16.5. The minimum atomic E-state index is -0.352. The summed E-state index contributed by atoms with van der Waals surface area (Å²) in [4.78, 5) is 15.6. The molecule has 90 valence electrons. The van der Waals surface area contributed by atoms with E-state index in [9.17, 15) is 4.79 Å². The molecule has 1 aromatic rings. The van der Waals surface area contributed by atoms with Crippen molar-refractivity contribution in [2.45, 2.75) is 25.8 Å². The van der Waals surface area contributed by atoms with E-state index in [2.05, 4.69) is 30.1 Å². The first-order chi connectivity index (χ1) is 8.24. The number of hydrogen-bond acceptors (Lipinski definition) is 3. The van der Waals surface area contributed by atoms with Crippen LogP contribution in [0, 0.1) is 0 Å². The third-order valence-corrected chi connectivity index (χ3v) is 2.98. The summed E-state index contributed by atoms with van der Waals surface area (Å²) in [6, 6.07) is 0.100. The van der Waals surface area contributed by atoms with Gasteiger partial charge in [0.25, 0.3) is 0 Å². The number of allylic oxidation sites excluding steroid dienone is 4. The fraction of sp³-hybridized carbons (Fsp3) is 0.385. The zero-order valence-electron chi connectivity index (χ0n) is 10.1. The lowest BCUT2D eigenvalue weighted by molar-refractivity contribution is 0.0587. The number of methoxy groups -OCH3 is 1. The molecule has 0 N–H and O–H groups in total. The van der Waals surface area contributed by atoms with Crippen LogP contribution in [-0.2, 0) is 4.74 Å². The maximum atomic E-state index is 11.6. The van der Waals surface area contributed by atoms with Crippen molar-refractivity contribution >= 4 is 5.97 Å². The van der Waals surface area contributed by atoms with E-state index in [0.29, 0.717) is 5.69 Å². The Morgan fingerprint density at radius 3 is 3.00 bits per heavy atom. The van der Waals surface area contributed by atoms with Crippen molar-refractivity contribution in [3.05, 3.63) is 42.0 Å². The van der Waals surface area contributed by atoms with Gasteiger partial charge in [-0.25, -0.2) is 9.78 Å². The summed E-state index contributed by atoms with van der Waals surface area (Å²) in [5.74, 6) is -0.352. The van der Waals surface area contributed by atoms with Gasteiger partial charge in [0, 0.05) is 0 Å². The number of carbonyl (C=O) groups excluding carboxylic acids is 1. The van der Waals surface area contributed by atoms with Gasteiger partial charge in [0.1, 0.15) is 5.69 Å². The Morgan fingerprint density at radius 1 is 1.53 bits per heavy atom. The molecule has 0 aromatic carbocycles. The van der Waals surface area contributed by atoms with Gasteiger partial charge in [0.2, 0.25) is 0 Å². The summed E-state index contributed by atoms with van der Waals surface area (Å²) in [6.07, 6.45) is 11.8. The topological polar surface area (TPSA) is 44.1 Å². The molecular weight excluding hydrogens is 216 g/mol. The van der Waals surface area contributed by atoms with Crippen molar-refractivity contribution in [3.63, 3.8) is 0 Å². The van der Waals surface area contributed by atoms with Crippen molar-refractivity contribution in [3.8, 4) is 0 Å². The van der Waals surface area contributed by atoms with Gasteiger partial charge in [-0.1, -0.05) is 18.2 Å². The summed E-state index contributed by atoms with van der Waals surface area (Å²) >= 11 is 0. The second kappa shape index (κ2) is 4.99. The van der Waals surface area contributed by atoms with Gasteiger partial charge >= 0.3 is 5.97 Å². The summed E-state index contributed by atoms with van der Waals surface area (Å²) in [6.45, 7) is 2.05. The van der Waals surface area contributed by atoms with Gasteiger partial charge in [-0.15, -0.1) is 0 Å². The Labute approximate surface area is 101 Å². The molecular formula is C13H16N2O2. The van der Waals surface area contributed by atoms with Gasteiger partial charge in [-0.2, -0.15) is 0 Å². The van der Waals surface area contributed by atoms with Crippen LogP contribution in [0.15, 0.2) is 36.3 Å². The molecule has 17 heavy (non-hydrogen) atoms. The van der Waals surface area contributed by atoms with Gasteiger partial charge in [-0.3, -0.25) is 0 Å². The first kappa shape index (κ1) is 11.6. The van der Waals surface area contributed by atoms with Gasteiger partial charge < -0.3 is 9.30 Å². The van der Waals surface area contributed by atoms with Crippen LogP contribution >= 0.6 is 0 Å². The Hall–Kier alpha value is -1.84. The third kappa shape index (κ3) is 2.30. The quantitative estimate of drug-likeness (QED) is 0.752. The van der Waals surface area contributed by atoms with Crippen molar-refractivity contribution in [2.24, 2.45) is 0 Å². The van der Waals surface area contributed by atoms with Crippen LogP contribution in [0.5, 0.6) is 0 Å². The predicted molar refractivity (Wildman–Crippen MR) is 64.7 cm³/mol. The van der Waals surface area contributed by atoms with Crippen molar-refractivity contribution < 1.29 is 9.53 Å². The predicted octanol–water partition coefficient (Wildman–Crippen LogP) is 2.51. The van der Waals surface area contributed by atoms with E-state index < -0.39 is 0 Å². The van der Waals surface area contributed by atoms with Crippen LogP contribution in [0.2, 0.25) is 0 Å². The summed E-state index contributed by atoms with van der Waals surface area (Å²) in [5.41, 5.74) is 1.69. The lowest BCUT2D eigenvalue weighted by atomic mass is 10.0. The maximum Gasteiger partial charge on any atom is 0.356 e. The Kier molecular flexibility index (Phi) is 3.42. The monoisotopic (exact) mass is 232 g/mol. The van der Waals surface area contributed by atoms with Crippen molar-refractivity contribution in [1.82, 2.24) is 9.55 Å². The molecule has 1 atom stereocenters. The molecule has 0 aliphatic heterocycles. The average Bonchev–Trinajstić information content (AvgIpc) is 2.87. The van der Waals surface area contributed by atoms with Crippen LogP contribution in [0.3, 0.4) is 0 Å². The maximum absolute atomic E-state index is 11.6. The number of ether oxygens (including phenoxy) is 1. The van der Waals surface area contributed by atoms with Gasteiger partial charge in [0.15, 0.2) is 0 Å². The second-order valence-electron chi connectivity index (χ2n) is 4.04. The summed E-state index contributed by atoms with van der Waals surface area (Å²) < 4.78 is 6.58. The number of esters is 1. The molecule has 1 aromatic heterocycles. The number of imidazole rings is 1. The molecule has 4 heteroatoms. The minimum absolute atomic E-state index is 0.100. The van der Waals surface area contributed by atoms with Crippen LogP contribution < -0.4 is 0 Å². The van der Waals surface area contributed by atoms with Crippen LogP contribution in [-0.4, -0.2) is 22.6 Å². The number of carbonyl (C=O) groups is 1. The number of hydrogen-bond donors (Lipinski definition) is 0. The molecule has 4 nitrogen and oxygen atoms in total. The van der Waals surface area contributed by atoms with E-state index in [1.54, 1.807) is 6.33 Å². The average molecular weight is 232 g/mol. The summed E-state index contributed by atoms with van der Waals surface area (Å²) in [5, 5.41) is 0. The molecule has 1 heterocycles. The van der Waals surface area contributed by atoms with Gasteiger partial charge in [0.05, 0.1) is 25.7 Å². The SMILES string of the molecule is COC(=O)c1cncn1[C@H](C)C1=CCCC=C1. The highest BCUT2D eigenvalue weighted by molar-refractivity contribution is 5.87. The van der Waals surface area contributed by atoms with E-state index in [4.69, 9.17) is 4.74 Å². The zero-order chi connectivity index (χ0) is 12.3. The molecule has 0 saturated heterocycles. The largest absolute Gasteiger partial charge is 0.464 e. The molecule has 2 rings (SSSR count). The number of aromatic nitrogens is 2. The highest BCUT2D eigenvalue weighted by Gasteiger charge is 2.18. The molecule has 1 aliphatic carbocycles. The van der Waals surface area contributed by atoms with E-state index in [1.807, 2.05) is 4.57 Å². The highest BCUT2D eigenvalue weighted by Crippen LogP contribution is 2.24. The molecule has 0 unspecified atom stereocenters. The van der Waals surface area contributed by atoms with Crippen LogP contribution in [0.25, 0.3) is 0 Å². The zero-order valence-corrected chi connectivity index (χ0v) is 10.1. The van der Waals surface area contributed by atoms with Crippen LogP contribution in [0.1, 0.15) is 36.3 Å². The fourth-order valence-electron chi connectivity index (χ4n) is 1.98. The molecule has 1 aliphatic rings. The van der Waals surface area contributed by atoms with Crippen molar-refractivity contribution in [2.75, 3.05) is 7.11 Å². The molecule has 0 saturated carbocycles. The molecule has 0 spiro atoms. The number of nitrogens with zero attached hydrogens (tertiary/aromatic N) is 2. The van der Waals surface area contributed by atoms with E-state index in [0.717, 1.165) is 12.8 Å². The normalized spacial score (nSPS) is 16.5. The standard InChI is InChI=1S/C13H16N2O2/c1-10(11-6-4-3-5-7-11)15-9-14-8-12(15)13(16)17-2/h4,6-10H,3,5H2,1-2H3/t10-/m1/s1. The Balaban J connectivity index is 2.28. The number of rotatable bonds is 3. The fourth-order valence-corrected chi connectivity index (χ4v) is 1.98. The molecule has 0 radical (unpaired) electrons. The van der Waals surface area contributed by atoms with E-state index in [1.165, 1.54) is 18.9 Å².